The molecule has 0 spiro atoms. The van der Waals surface area contributed by atoms with Crippen LogP contribution in [0.4, 0.5) is 0 Å². The quantitative estimate of drug-likeness (QED) is 0.319. The maximum atomic E-state index is 11.2. The summed E-state index contributed by atoms with van der Waals surface area (Å²) in [7, 11) is 0. The predicted octanol–water partition coefficient (Wildman–Crippen LogP) is 4.69. The Morgan fingerprint density at radius 3 is 1.71 bits per heavy atom. The van der Waals surface area contributed by atoms with Gasteiger partial charge in [0.15, 0.2) is 0 Å². The Morgan fingerprint density at radius 1 is 0.871 bits per heavy atom. The molecule has 4 N–H and O–H groups in total. The first-order chi connectivity index (χ1) is 14.7. The first kappa shape index (κ1) is 25.6. The molecule has 0 heterocycles. The molecule has 0 saturated heterocycles. The summed E-state index contributed by atoms with van der Waals surface area (Å²) in [5.41, 5.74) is 3.35. The van der Waals surface area contributed by atoms with Gasteiger partial charge in [0, 0.05) is 6.61 Å². The van der Waals surface area contributed by atoms with Crippen molar-refractivity contribution in [1.82, 2.24) is 0 Å². The van der Waals surface area contributed by atoms with E-state index in [1.165, 1.54) is 0 Å². The molecule has 174 valence electrons. The minimum Gasteiger partial charge on any atom is -0.481 e. The maximum absolute atomic E-state index is 11.2. The van der Waals surface area contributed by atoms with Gasteiger partial charge in [-0.1, -0.05) is 31.2 Å². The first-order valence-electron chi connectivity index (χ1n) is 11.6. The minimum atomic E-state index is -0.784. The summed E-state index contributed by atoms with van der Waals surface area (Å²) in [5.74, 6) is -0.479. The van der Waals surface area contributed by atoms with Crippen LogP contribution in [0.5, 0.6) is 0 Å². The summed E-state index contributed by atoms with van der Waals surface area (Å²) in [5, 5.41) is 39.5. The smallest absolute Gasteiger partial charge is 0.309 e. The Labute approximate surface area is 186 Å². The lowest BCUT2D eigenvalue weighted by Gasteiger charge is -2.20. The molecule has 31 heavy (non-hydrogen) atoms. The van der Waals surface area contributed by atoms with Gasteiger partial charge in [0.05, 0.1) is 17.6 Å². The van der Waals surface area contributed by atoms with E-state index in [2.05, 4.69) is 0 Å². The minimum absolute atomic E-state index is 0.212. The van der Waals surface area contributed by atoms with E-state index in [9.17, 15) is 20.1 Å². The van der Waals surface area contributed by atoms with E-state index in [0.717, 1.165) is 67.2 Å². The van der Waals surface area contributed by atoms with Gasteiger partial charge >= 0.3 is 5.97 Å². The van der Waals surface area contributed by atoms with Crippen molar-refractivity contribution in [3.63, 3.8) is 0 Å². The molecule has 2 rings (SSSR count). The van der Waals surface area contributed by atoms with Crippen LogP contribution in [0.2, 0.25) is 0 Å². The highest BCUT2D eigenvalue weighted by Crippen LogP contribution is 2.32. The lowest BCUT2D eigenvalue weighted by Crippen LogP contribution is -2.23. The molecule has 0 radical (unpaired) electrons. The zero-order chi connectivity index (χ0) is 23.0. The van der Waals surface area contributed by atoms with Crippen LogP contribution in [0.25, 0.3) is 0 Å². The number of carboxylic acids is 1. The molecule has 0 aliphatic heterocycles. The van der Waals surface area contributed by atoms with Crippen LogP contribution in [0.3, 0.4) is 0 Å². The SMILES string of the molecule is CC(CO)CCCC1=CC=C(CCCC2=CC=C(CCCC(C)(C)C(=O)O)C2O)C1O. The number of carbonyl (C=O) groups is 1. The van der Waals surface area contributed by atoms with E-state index in [4.69, 9.17) is 5.11 Å². The zero-order valence-corrected chi connectivity index (χ0v) is 19.3. The zero-order valence-electron chi connectivity index (χ0n) is 19.3. The molecular formula is C26H40O5. The number of allylic oxidation sites excluding steroid dienone is 4. The normalized spacial score (nSPS) is 22.1. The van der Waals surface area contributed by atoms with Crippen LogP contribution in [0.15, 0.2) is 46.6 Å². The van der Waals surface area contributed by atoms with E-state index in [-0.39, 0.29) is 6.61 Å². The van der Waals surface area contributed by atoms with E-state index in [1.807, 2.05) is 31.2 Å². The average molecular weight is 433 g/mol. The Hall–Kier alpha value is -1.69. The van der Waals surface area contributed by atoms with Gasteiger partial charge in [0.1, 0.15) is 0 Å². The van der Waals surface area contributed by atoms with Gasteiger partial charge in [-0.2, -0.15) is 0 Å². The van der Waals surface area contributed by atoms with Crippen molar-refractivity contribution in [3.8, 4) is 0 Å². The van der Waals surface area contributed by atoms with E-state index >= 15 is 0 Å². The van der Waals surface area contributed by atoms with Crippen LogP contribution in [-0.4, -0.2) is 45.2 Å². The molecule has 0 aromatic carbocycles. The Kier molecular flexibility index (Phi) is 9.73. The number of hydrogen-bond donors (Lipinski definition) is 4. The van der Waals surface area contributed by atoms with Crippen molar-refractivity contribution >= 4 is 5.97 Å². The molecular weight excluding hydrogens is 392 g/mol. The topological polar surface area (TPSA) is 98.0 Å². The second kappa shape index (κ2) is 11.8. The molecule has 2 aliphatic carbocycles. The van der Waals surface area contributed by atoms with Crippen molar-refractivity contribution in [1.29, 1.82) is 0 Å². The molecule has 0 saturated carbocycles. The lowest BCUT2D eigenvalue weighted by molar-refractivity contribution is -0.147. The molecule has 0 aromatic rings. The molecule has 0 aromatic heterocycles. The number of rotatable bonds is 14. The van der Waals surface area contributed by atoms with Crippen molar-refractivity contribution in [2.24, 2.45) is 11.3 Å². The summed E-state index contributed by atoms with van der Waals surface area (Å²) in [6, 6.07) is 0. The Morgan fingerprint density at radius 2 is 1.29 bits per heavy atom. The number of aliphatic hydroxyl groups excluding tert-OH is 3. The fourth-order valence-electron chi connectivity index (χ4n) is 4.23. The molecule has 3 unspecified atom stereocenters. The van der Waals surface area contributed by atoms with Crippen LogP contribution in [-0.2, 0) is 4.79 Å². The second-order valence-electron chi connectivity index (χ2n) is 9.85. The number of aliphatic carboxylic acids is 1. The predicted molar refractivity (Wildman–Crippen MR) is 124 cm³/mol. The summed E-state index contributed by atoms with van der Waals surface area (Å²) in [6.45, 7) is 5.72. The largest absolute Gasteiger partial charge is 0.481 e. The van der Waals surface area contributed by atoms with E-state index in [1.54, 1.807) is 13.8 Å². The van der Waals surface area contributed by atoms with Crippen molar-refractivity contribution < 1.29 is 25.2 Å². The highest BCUT2D eigenvalue weighted by atomic mass is 16.4. The maximum Gasteiger partial charge on any atom is 0.309 e. The first-order valence-corrected chi connectivity index (χ1v) is 11.6. The third-order valence-electron chi connectivity index (χ3n) is 6.68. The fraction of sp³-hybridized carbons (Fsp3) is 0.654. The molecule has 5 nitrogen and oxygen atoms in total. The third-order valence-corrected chi connectivity index (χ3v) is 6.68. The van der Waals surface area contributed by atoms with Crippen LogP contribution < -0.4 is 0 Å². The number of aliphatic hydroxyl groups is 3. The van der Waals surface area contributed by atoms with Gasteiger partial charge in [-0.05, 0) is 99.8 Å². The van der Waals surface area contributed by atoms with E-state index in [0.29, 0.717) is 18.8 Å². The van der Waals surface area contributed by atoms with Gasteiger partial charge in [0.2, 0.25) is 0 Å². The molecule has 0 bridgehead atoms. The van der Waals surface area contributed by atoms with Crippen molar-refractivity contribution in [3.05, 3.63) is 46.6 Å². The van der Waals surface area contributed by atoms with Crippen molar-refractivity contribution in [2.75, 3.05) is 6.61 Å². The Balaban J connectivity index is 1.66. The molecule has 5 heteroatoms. The summed E-state index contributed by atoms with van der Waals surface area (Å²) in [4.78, 5) is 11.2. The summed E-state index contributed by atoms with van der Waals surface area (Å²) >= 11 is 0. The van der Waals surface area contributed by atoms with Gasteiger partial charge in [-0.3, -0.25) is 4.79 Å². The van der Waals surface area contributed by atoms with Gasteiger partial charge in [-0.15, -0.1) is 0 Å². The molecule has 3 atom stereocenters. The standard InChI is InChI=1S/C26H40O5/c1-18(17-27)7-4-8-19-12-13-20(23(19)28)9-5-10-21-14-15-22(24(21)29)11-6-16-26(2,3)25(30)31/h12-15,18,23-24,27-29H,4-11,16-17H2,1-3H3,(H,30,31). The fourth-order valence-corrected chi connectivity index (χ4v) is 4.23. The number of carboxylic acid groups (broad SMARTS) is 1. The highest BCUT2D eigenvalue weighted by molar-refractivity contribution is 5.73. The molecule has 0 fully saturated rings. The van der Waals surface area contributed by atoms with Crippen LogP contribution in [0.1, 0.15) is 78.6 Å². The average Bonchev–Trinajstić information content (AvgIpc) is 3.25. The van der Waals surface area contributed by atoms with Crippen LogP contribution in [0, 0.1) is 11.3 Å². The lowest BCUT2D eigenvalue weighted by atomic mass is 9.86. The summed E-state index contributed by atoms with van der Waals surface area (Å²) < 4.78 is 0. The molecule has 0 amide bonds. The highest BCUT2D eigenvalue weighted by Gasteiger charge is 2.27. The third kappa shape index (κ3) is 7.44. The van der Waals surface area contributed by atoms with Gasteiger partial charge < -0.3 is 20.4 Å². The van der Waals surface area contributed by atoms with Crippen LogP contribution >= 0.6 is 0 Å². The van der Waals surface area contributed by atoms with Gasteiger partial charge in [-0.25, -0.2) is 0 Å². The van der Waals surface area contributed by atoms with Crippen molar-refractivity contribution in [2.45, 2.75) is 90.8 Å². The molecule has 2 aliphatic rings. The van der Waals surface area contributed by atoms with Gasteiger partial charge in [0.25, 0.3) is 0 Å². The van der Waals surface area contributed by atoms with E-state index < -0.39 is 23.6 Å². The monoisotopic (exact) mass is 432 g/mol. The Bertz CT molecular complexity index is 741. The summed E-state index contributed by atoms with van der Waals surface area (Å²) in [6.07, 6.45) is 14.3. The number of hydrogen-bond acceptors (Lipinski definition) is 4. The second-order valence-corrected chi connectivity index (χ2v) is 9.85.